The van der Waals surface area contributed by atoms with Gasteiger partial charge in [0.1, 0.15) is 5.75 Å². The van der Waals surface area contributed by atoms with Crippen molar-refractivity contribution in [1.29, 1.82) is 0 Å². The summed E-state index contributed by atoms with van der Waals surface area (Å²) >= 11 is 1.46. The smallest absolute Gasteiger partial charge is 0.194 e. The number of hydrogen-bond donors (Lipinski definition) is 1. The average Bonchev–Trinajstić information content (AvgIpc) is 2.53. The van der Waals surface area contributed by atoms with E-state index < -0.39 is 0 Å². The molecule has 0 saturated carbocycles. The Morgan fingerprint density at radius 1 is 1.31 bits per heavy atom. The van der Waals surface area contributed by atoms with Crippen LogP contribution in [0.5, 0.6) is 5.75 Å². The van der Waals surface area contributed by atoms with Gasteiger partial charge in [-0.2, -0.15) is 4.83 Å². The maximum Gasteiger partial charge on any atom is 0.194 e. The van der Waals surface area contributed by atoms with E-state index in [2.05, 4.69) is 4.83 Å². The quantitative estimate of drug-likeness (QED) is 0.727. The number of hydrogen-bond acceptors (Lipinski definition) is 4. The van der Waals surface area contributed by atoms with Crippen LogP contribution in [0, 0.1) is 0 Å². The summed E-state index contributed by atoms with van der Waals surface area (Å²) in [4.78, 5) is 3.02. The van der Waals surface area contributed by atoms with E-state index in [1.165, 1.54) is 11.9 Å². The molecule has 0 amide bonds. The van der Waals surface area contributed by atoms with Gasteiger partial charge in [-0.15, -0.1) is 0 Å². The molecule has 3 nitrogen and oxygen atoms in total. The van der Waals surface area contributed by atoms with E-state index in [1.807, 2.05) is 48.6 Å². The Hall–Kier alpha value is -1.13. The lowest BCUT2D eigenvalue weighted by Crippen LogP contribution is -2.17. The maximum atomic E-state index is 5.57. The van der Waals surface area contributed by atoms with E-state index in [0.717, 1.165) is 10.8 Å². The van der Waals surface area contributed by atoms with Crippen LogP contribution in [-0.4, -0.2) is 12.1 Å². The summed E-state index contributed by atoms with van der Waals surface area (Å²) in [5.74, 6) is 0.860. The predicted molar refractivity (Wildman–Crippen MR) is 53.6 cm³/mol. The summed E-state index contributed by atoms with van der Waals surface area (Å²) in [6.45, 7) is 0. The van der Waals surface area contributed by atoms with Crippen molar-refractivity contribution in [3.8, 4) is 5.75 Å². The number of ether oxygens (including phenoxy) is 1. The van der Waals surface area contributed by atoms with Gasteiger partial charge in [-0.1, -0.05) is 18.2 Å². The fourth-order valence-corrected chi connectivity index (χ4v) is 1.62. The van der Waals surface area contributed by atoms with E-state index in [4.69, 9.17) is 4.74 Å². The molecule has 4 heteroatoms. The lowest BCUT2D eigenvalue weighted by atomic mass is 10.3. The lowest BCUT2D eigenvalue weighted by Gasteiger charge is -2.02. The van der Waals surface area contributed by atoms with Gasteiger partial charge in [-0.3, -0.25) is 0 Å². The molecule has 2 rings (SSSR count). The highest BCUT2D eigenvalue weighted by molar-refractivity contribution is 8.01. The molecule has 68 valence electrons. The molecular weight excluding hydrogens is 184 g/mol. The molecule has 0 fully saturated rings. The Morgan fingerprint density at radius 3 is 2.69 bits per heavy atom. The van der Waals surface area contributed by atoms with Gasteiger partial charge in [-0.05, 0) is 12.1 Å². The number of rotatable bonds is 2. The molecule has 1 N–H and O–H groups in total. The molecule has 0 aliphatic carbocycles. The van der Waals surface area contributed by atoms with Crippen LogP contribution in [-0.2, 0) is 0 Å². The van der Waals surface area contributed by atoms with Crippen LogP contribution in [0.25, 0.3) is 0 Å². The average molecular weight is 194 g/mol. The summed E-state index contributed by atoms with van der Waals surface area (Å²) in [6.07, 6.45) is 1.90. The number of benzene rings is 1. The van der Waals surface area contributed by atoms with Gasteiger partial charge in [0.15, 0.2) is 5.09 Å². The van der Waals surface area contributed by atoms with Crippen molar-refractivity contribution in [2.24, 2.45) is 0 Å². The third-order valence-electron chi connectivity index (χ3n) is 1.55. The normalized spacial score (nSPS) is 15.8. The SMILES string of the molecule is CN1C=C(Oc2ccccc2)SN1. The molecule has 0 unspecified atom stereocenters. The van der Waals surface area contributed by atoms with Gasteiger partial charge in [0.2, 0.25) is 0 Å². The van der Waals surface area contributed by atoms with Crippen molar-refractivity contribution >= 4 is 11.9 Å². The summed E-state index contributed by atoms with van der Waals surface area (Å²) in [5.41, 5.74) is 0. The molecule has 0 spiro atoms. The van der Waals surface area contributed by atoms with Crippen LogP contribution in [0.2, 0.25) is 0 Å². The molecule has 13 heavy (non-hydrogen) atoms. The second-order valence-corrected chi connectivity index (χ2v) is 3.46. The first kappa shape index (κ1) is 8.47. The van der Waals surface area contributed by atoms with Crippen LogP contribution < -0.4 is 9.57 Å². The second-order valence-electron chi connectivity index (χ2n) is 2.67. The largest absolute Gasteiger partial charge is 0.448 e. The Balaban J connectivity index is 2.03. The molecule has 0 saturated heterocycles. The predicted octanol–water partition coefficient (Wildman–Crippen LogP) is 1.96. The van der Waals surface area contributed by atoms with Crippen LogP contribution in [0.1, 0.15) is 0 Å². The zero-order chi connectivity index (χ0) is 9.10. The third kappa shape index (κ3) is 2.17. The second kappa shape index (κ2) is 3.72. The van der Waals surface area contributed by atoms with Crippen molar-refractivity contribution in [1.82, 2.24) is 9.84 Å². The van der Waals surface area contributed by atoms with Crippen LogP contribution >= 0.6 is 11.9 Å². The van der Waals surface area contributed by atoms with E-state index in [-0.39, 0.29) is 0 Å². The maximum absolute atomic E-state index is 5.57. The number of hydrazine groups is 1. The third-order valence-corrected chi connectivity index (χ3v) is 2.32. The molecule has 1 aliphatic heterocycles. The lowest BCUT2D eigenvalue weighted by molar-refractivity contribution is 0.420. The summed E-state index contributed by atoms with van der Waals surface area (Å²) in [6, 6.07) is 9.73. The fourth-order valence-electron chi connectivity index (χ4n) is 0.980. The summed E-state index contributed by atoms with van der Waals surface area (Å²) in [7, 11) is 1.92. The molecule has 1 aromatic carbocycles. The van der Waals surface area contributed by atoms with Crippen LogP contribution in [0.3, 0.4) is 0 Å². The van der Waals surface area contributed by atoms with Gasteiger partial charge in [-0.25, -0.2) is 0 Å². The first-order chi connectivity index (χ1) is 6.34. The van der Waals surface area contributed by atoms with Gasteiger partial charge in [0, 0.05) is 19.0 Å². The topological polar surface area (TPSA) is 24.5 Å². The summed E-state index contributed by atoms with van der Waals surface area (Å²) < 4.78 is 5.57. The fraction of sp³-hybridized carbons (Fsp3) is 0.111. The molecule has 0 radical (unpaired) electrons. The van der Waals surface area contributed by atoms with Crippen LogP contribution in [0.15, 0.2) is 41.6 Å². The van der Waals surface area contributed by atoms with Gasteiger partial charge in [0.05, 0.1) is 6.20 Å². The Kier molecular flexibility index (Phi) is 2.42. The standard InChI is InChI=1S/C9H10N2OS/c1-11-7-9(13-10-11)12-8-5-3-2-4-6-8/h2-7,10H,1H3. The van der Waals surface area contributed by atoms with E-state index in [9.17, 15) is 0 Å². The van der Waals surface area contributed by atoms with Crippen molar-refractivity contribution in [3.05, 3.63) is 41.6 Å². The first-order valence-electron chi connectivity index (χ1n) is 3.94. The van der Waals surface area contributed by atoms with Gasteiger partial charge >= 0.3 is 0 Å². The molecule has 1 aliphatic rings. The highest BCUT2D eigenvalue weighted by Gasteiger charge is 2.10. The molecule has 1 aromatic rings. The van der Waals surface area contributed by atoms with Crippen molar-refractivity contribution in [3.63, 3.8) is 0 Å². The van der Waals surface area contributed by atoms with Crippen LogP contribution in [0.4, 0.5) is 0 Å². The molecule has 0 bridgehead atoms. The zero-order valence-corrected chi connectivity index (χ0v) is 8.04. The van der Waals surface area contributed by atoms with E-state index >= 15 is 0 Å². The molecule has 1 heterocycles. The highest BCUT2D eigenvalue weighted by Crippen LogP contribution is 2.23. The number of nitrogens with one attached hydrogen (secondary N) is 1. The van der Waals surface area contributed by atoms with Gasteiger partial charge in [0.25, 0.3) is 0 Å². The number of nitrogens with zero attached hydrogens (tertiary/aromatic N) is 1. The minimum atomic E-state index is 0.855. The van der Waals surface area contributed by atoms with Crippen molar-refractivity contribution in [2.75, 3.05) is 7.05 Å². The monoisotopic (exact) mass is 194 g/mol. The zero-order valence-electron chi connectivity index (χ0n) is 7.23. The Bertz CT molecular complexity index is 313. The molecular formula is C9H10N2OS. The van der Waals surface area contributed by atoms with E-state index in [1.54, 1.807) is 0 Å². The highest BCUT2D eigenvalue weighted by atomic mass is 32.2. The van der Waals surface area contributed by atoms with E-state index in [0.29, 0.717) is 0 Å². The summed E-state index contributed by atoms with van der Waals surface area (Å²) in [5, 5.41) is 2.71. The minimum absolute atomic E-state index is 0.855. The molecule has 0 aromatic heterocycles. The van der Waals surface area contributed by atoms with Crippen molar-refractivity contribution < 1.29 is 4.74 Å². The molecule has 0 atom stereocenters. The Morgan fingerprint density at radius 2 is 2.08 bits per heavy atom. The Labute approximate surface area is 81.5 Å². The van der Waals surface area contributed by atoms with Crippen molar-refractivity contribution in [2.45, 2.75) is 0 Å². The minimum Gasteiger partial charge on any atom is -0.448 e. The first-order valence-corrected chi connectivity index (χ1v) is 4.76. The number of para-hydroxylation sites is 1. The van der Waals surface area contributed by atoms with Gasteiger partial charge < -0.3 is 9.75 Å².